The summed E-state index contributed by atoms with van der Waals surface area (Å²) >= 11 is 0. The van der Waals surface area contributed by atoms with E-state index >= 15 is 0 Å². The first-order valence-corrected chi connectivity index (χ1v) is 8.14. The molecule has 25 heavy (non-hydrogen) atoms. The van der Waals surface area contributed by atoms with E-state index in [2.05, 4.69) is 11.4 Å². The van der Waals surface area contributed by atoms with Crippen molar-refractivity contribution in [3.8, 4) is 12.1 Å². The Morgan fingerprint density at radius 2 is 1.84 bits per heavy atom. The highest BCUT2D eigenvalue weighted by molar-refractivity contribution is 5.89. The van der Waals surface area contributed by atoms with Gasteiger partial charge in [0.1, 0.15) is 5.54 Å². The molecule has 1 aromatic carbocycles. The van der Waals surface area contributed by atoms with Gasteiger partial charge in [0.15, 0.2) is 6.61 Å². The molecule has 0 radical (unpaired) electrons. The molecule has 6 heteroatoms. The summed E-state index contributed by atoms with van der Waals surface area (Å²) in [6, 6.07) is 10.9. The fraction of sp³-hybridized carbons (Fsp3) is 0.368. The molecular weight excluding hydrogens is 318 g/mol. The van der Waals surface area contributed by atoms with Crippen molar-refractivity contribution in [3.63, 3.8) is 0 Å². The molecule has 2 rings (SSSR count). The third-order valence-electron chi connectivity index (χ3n) is 4.10. The van der Waals surface area contributed by atoms with Crippen LogP contribution in [0.25, 0.3) is 6.08 Å². The maximum absolute atomic E-state index is 11.9. The van der Waals surface area contributed by atoms with Crippen molar-refractivity contribution in [2.24, 2.45) is 0 Å². The number of carbonyl (C=O) groups is 2. The zero-order valence-electron chi connectivity index (χ0n) is 13.8. The van der Waals surface area contributed by atoms with Gasteiger partial charge in [-0.2, -0.15) is 10.5 Å². The normalized spacial score (nSPS) is 15.8. The van der Waals surface area contributed by atoms with Crippen LogP contribution in [0.1, 0.15) is 43.2 Å². The minimum Gasteiger partial charge on any atom is -0.452 e. The van der Waals surface area contributed by atoms with Crippen molar-refractivity contribution >= 4 is 18.0 Å². The standard InChI is InChI=1S/C19H19N3O3/c20-12-16-6-4-15(5-7-16)8-9-18(24)25-13-17(23)22-19(14-21)10-2-1-3-11-19/h4-9H,1-3,10-11,13H2,(H,22,23)/b9-8+. The van der Waals surface area contributed by atoms with Gasteiger partial charge in [-0.25, -0.2) is 4.79 Å². The number of amides is 1. The SMILES string of the molecule is N#Cc1ccc(/C=C/C(=O)OCC(=O)NC2(C#N)CCCCC2)cc1. The zero-order valence-corrected chi connectivity index (χ0v) is 13.8. The Labute approximate surface area is 146 Å². The van der Waals surface area contributed by atoms with E-state index in [1.807, 2.05) is 6.07 Å². The van der Waals surface area contributed by atoms with Crippen LogP contribution in [0.3, 0.4) is 0 Å². The monoisotopic (exact) mass is 337 g/mol. The van der Waals surface area contributed by atoms with Crippen molar-refractivity contribution in [1.82, 2.24) is 5.32 Å². The van der Waals surface area contributed by atoms with Crippen LogP contribution >= 0.6 is 0 Å². The first kappa shape index (κ1) is 18.2. The number of hydrogen-bond acceptors (Lipinski definition) is 5. The molecule has 0 spiro atoms. The highest BCUT2D eigenvalue weighted by Crippen LogP contribution is 2.27. The molecule has 1 fully saturated rings. The minimum atomic E-state index is -0.833. The number of esters is 1. The van der Waals surface area contributed by atoms with Crippen LogP contribution in [0.15, 0.2) is 30.3 Å². The molecule has 1 saturated carbocycles. The number of nitriles is 2. The van der Waals surface area contributed by atoms with E-state index in [1.165, 1.54) is 6.08 Å². The summed E-state index contributed by atoms with van der Waals surface area (Å²) in [5.41, 5.74) is 0.441. The van der Waals surface area contributed by atoms with Crippen LogP contribution in [0.5, 0.6) is 0 Å². The van der Waals surface area contributed by atoms with Crippen LogP contribution in [0, 0.1) is 22.7 Å². The Balaban J connectivity index is 1.80. The van der Waals surface area contributed by atoms with Crippen molar-refractivity contribution < 1.29 is 14.3 Å². The van der Waals surface area contributed by atoms with Gasteiger partial charge in [0.2, 0.25) is 0 Å². The van der Waals surface area contributed by atoms with Crippen LogP contribution < -0.4 is 5.32 Å². The summed E-state index contributed by atoms with van der Waals surface area (Å²) in [7, 11) is 0. The molecular formula is C19H19N3O3. The van der Waals surface area contributed by atoms with Gasteiger partial charge in [-0.1, -0.05) is 31.4 Å². The van der Waals surface area contributed by atoms with Crippen molar-refractivity contribution in [3.05, 3.63) is 41.5 Å². The predicted octanol–water partition coefficient (Wildman–Crippen LogP) is 2.46. The summed E-state index contributed by atoms with van der Waals surface area (Å²) in [6.45, 7) is -0.417. The lowest BCUT2D eigenvalue weighted by Gasteiger charge is -2.31. The summed E-state index contributed by atoms with van der Waals surface area (Å²) in [5.74, 6) is -1.11. The summed E-state index contributed by atoms with van der Waals surface area (Å²) in [5, 5.41) is 20.7. The van der Waals surface area contributed by atoms with Crippen molar-refractivity contribution in [2.75, 3.05) is 6.61 Å². The van der Waals surface area contributed by atoms with E-state index in [9.17, 15) is 14.9 Å². The number of nitrogens with one attached hydrogen (secondary N) is 1. The lowest BCUT2D eigenvalue weighted by atomic mass is 9.83. The van der Waals surface area contributed by atoms with Gasteiger partial charge in [-0.05, 0) is 36.6 Å². The molecule has 0 unspecified atom stereocenters. The molecule has 0 saturated heterocycles. The topological polar surface area (TPSA) is 103 Å². The van der Waals surface area contributed by atoms with Gasteiger partial charge in [0.05, 0.1) is 17.7 Å². The van der Waals surface area contributed by atoms with E-state index in [4.69, 9.17) is 10.00 Å². The molecule has 1 N–H and O–H groups in total. The Bertz CT molecular complexity index is 733. The van der Waals surface area contributed by atoms with Gasteiger partial charge in [0, 0.05) is 6.08 Å². The minimum absolute atomic E-state index is 0.417. The van der Waals surface area contributed by atoms with Crippen molar-refractivity contribution in [2.45, 2.75) is 37.6 Å². The molecule has 0 heterocycles. The van der Waals surface area contributed by atoms with Gasteiger partial charge in [-0.15, -0.1) is 0 Å². The largest absolute Gasteiger partial charge is 0.452 e. The molecule has 0 bridgehead atoms. The number of rotatable bonds is 5. The number of hydrogen-bond donors (Lipinski definition) is 1. The molecule has 1 amide bonds. The molecule has 1 aromatic rings. The first-order valence-electron chi connectivity index (χ1n) is 8.14. The molecule has 0 atom stereocenters. The van der Waals surface area contributed by atoms with Gasteiger partial charge < -0.3 is 10.1 Å². The highest BCUT2D eigenvalue weighted by Gasteiger charge is 2.33. The van der Waals surface area contributed by atoms with Crippen LogP contribution in [0.4, 0.5) is 0 Å². The summed E-state index contributed by atoms with van der Waals surface area (Å²) in [4.78, 5) is 23.6. The molecule has 0 aliphatic heterocycles. The zero-order chi connectivity index (χ0) is 18.1. The molecule has 6 nitrogen and oxygen atoms in total. The number of nitrogens with zero attached hydrogens (tertiary/aromatic N) is 2. The fourth-order valence-corrected chi connectivity index (χ4v) is 2.74. The molecule has 1 aliphatic rings. The lowest BCUT2D eigenvalue weighted by molar-refractivity contribution is -0.144. The molecule has 1 aliphatic carbocycles. The van der Waals surface area contributed by atoms with E-state index < -0.39 is 24.0 Å². The summed E-state index contributed by atoms with van der Waals surface area (Å²) in [6.07, 6.45) is 6.88. The number of benzene rings is 1. The van der Waals surface area contributed by atoms with Crippen LogP contribution in [-0.4, -0.2) is 24.0 Å². The number of carbonyl (C=O) groups excluding carboxylic acids is 2. The third-order valence-corrected chi connectivity index (χ3v) is 4.10. The second-order valence-corrected chi connectivity index (χ2v) is 5.98. The van der Waals surface area contributed by atoms with Gasteiger partial charge in [-0.3, -0.25) is 4.79 Å². The van der Waals surface area contributed by atoms with E-state index in [0.717, 1.165) is 24.8 Å². The fourth-order valence-electron chi connectivity index (χ4n) is 2.74. The van der Waals surface area contributed by atoms with Crippen LogP contribution in [-0.2, 0) is 14.3 Å². The second-order valence-electron chi connectivity index (χ2n) is 5.98. The Morgan fingerprint density at radius 1 is 1.16 bits per heavy atom. The van der Waals surface area contributed by atoms with Gasteiger partial charge in [0.25, 0.3) is 5.91 Å². The van der Waals surface area contributed by atoms with Gasteiger partial charge >= 0.3 is 5.97 Å². The molecule has 0 aromatic heterocycles. The van der Waals surface area contributed by atoms with Crippen molar-refractivity contribution in [1.29, 1.82) is 10.5 Å². The Morgan fingerprint density at radius 3 is 2.44 bits per heavy atom. The Kier molecular flexibility index (Phi) is 6.31. The summed E-state index contributed by atoms with van der Waals surface area (Å²) < 4.78 is 4.90. The van der Waals surface area contributed by atoms with E-state index in [1.54, 1.807) is 30.3 Å². The average Bonchev–Trinajstić information content (AvgIpc) is 2.66. The van der Waals surface area contributed by atoms with E-state index in [-0.39, 0.29) is 0 Å². The average molecular weight is 337 g/mol. The smallest absolute Gasteiger partial charge is 0.331 e. The van der Waals surface area contributed by atoms with Crippen LogP contribution in [0.2, 0.25) is 0 Å². The predicted molar refractivity (Wildman–Crippen MR) is 90.7 cm³/mol. The lowest BCUT2D eigenvalue weighted by Crippen LogP contribution is -2.49. The second kappa shape index (κ2) is 8.65. The Hall–Kier alpha value is -3.12. The van der Waals surface area contributed by atoms with E-state index in [0.29, 0.717) is 18.4 Å². The maximum atomic E-state index is 11.9. The number of ether oxygens (including phenoxy) is 1. The quantitative estimate of drug-likeness (QED) is 0.656. The molecule has 128 valence electrons. The third kappa shape index (κ3) is 5.47. The first-order chi connectivity index (χ1) is 12.1. The highest BCUT2D eigenvalue weighted by atomic mass is 16.5. The maximum Gasteiger partial charge on any atom is 0.331 e.